The molecule has 0 saturated carbocycles. The van der Waals surface area contributed by atoms with Crippen molar-refractivity contribution >= 4 is 0 Å². The molecule has 1 aromatic rings. The maximum atomic E-state index is 10.4. The van der Waals surface area contributed by atoms with Crippen LogP contribution in [0.3, 0.4) is 0 Å². The summed E-state index contributed by atoms with van der Waals surface area (Å²) in [5.41, 5.74) is 6.14. The van der Waals surface area contributed by atoms with Gasteiger partial charge >= 0.3 is 0 Å². The van der Waals surface area contributed by atoms with Gasteiger partial charge in [0.15, 0.2) is 0 Å². The maximum absolute atomic E-state index is 10.4. The highest BCUT2D eigenvalue weighted by molar-refractivity contribution is 5.43. The molecule has 1 unspecified atom stereocenters. The average Bonchev–Trinajstić information content (AvgIpc) is 2.60. The molecule has 0 aromatic heterocycles. The Morgan fingerprint density at radius 3 is 1.96 bits per heavy atom. The average molecular weight is 383 g/mol. The van der Waals surface area contributed by atoms with Crippen LogP contribution in [-0.2, 0) is 0 Å². The molecule has 2 N–H and O–H groups in total. The van der Waals surface area contributed by atoms with E-state index in [9.17, 15) is 10.2 Å². The van der Waals surface area contributed by atoms with Crippen LogP contribution in [0.5, 0.6) is 11.5 Å². The first-order valence-electron chi connectivity index (χ1n) is 10.3. The van der Waals surface area contributed by atoms with E-state index >= 15 is 0 Å². The van der Waals surface area contributed by atoms with Gasteiger partial charge in [0.25, 0.3) is 0 Å². The summed E-state index contributed by atoms with van der Waals surface area (Å²) in [4.78, 5) is 0. The van der Waals surface area contributed by atoms with Crippen LogP contribution in [0, 0.1) is 0 Å². The molecule has 154 valence electrons. The minimum Gasteiger partial charge on any atom is -0.508 e. The molecule has 0 amide bonds. The van der Waals surface area contributed by atoms with Gasteiger partial charge in [-0.15, -0.1) is 0 Å². The van der Waals surface area contributed by atoms with E-state index < -0.39 is 0 Å². The Bertz CT molecular complexity index is 740. The smallest absolute Gasteiger partial charge is 0.119 e. The fourth-order valence-corrected chi connectivity index (χ4v) is 3.16. The van der Waals surface area contributed by atoms with E-state index in [1.165, 1.54) is 28.4 Å². The minimum absolute atomic E-state index is 0.0530. The Morgan fingerprint density at radius 1 is 0.821 bits per heavy atom. The molecule has 0 aliphatic carbocycles. The van der Waals surface area contributed by atoms with E-state index in [1.54, 1.807) is 12.1 Å². The highest BCUT2D eigenvalue weighted by atomic mass is 16.3. The summed E-state index contributed by atoms with van der Waals surface area (Å²) in [5.74, 6) is 0.488. The van der Waals surface area contributed by atoms with Gasteiger partial charge in [0.1, 0.15) is 11.5 Å². The number of hydrogen-bond acceptors (Lipinski definition) is 2. The molecule has 0 fully saturated rings. The Labute approximate surface area is 172 Å². The highest BCUT2D eigenvalue weighted by Crippen LogP contribution is 2.34. The third kappa shape index (κ3) is 9.64. The van der Waals surface area contributed by atoms with Crippen molar-refractivity contribution in [1.29, 1.82) is 0 Å². The van der Waals surface area contributed by atoms with Crippen molar-refractivity contribution in [3.63, 3.8) is 0 Å². The zero-order chi connectivity index (χ0) is 21.1. The summed E-state index contributed by atoms with van der Waals surface area (Å²) in [6, 6.07) is 4.80. The predicted octanol–water partition coefficient (Wildman–Crippen LogP) is 7.96. The number of rotatable bonds is 10. The second-order valence-electron chi connectivity index (χ2n) is 8.29. The normalized spacial score (nSPS) is 13.2. The minimum atomic E-state index is 0.0530. The second kappa shape index (κ2) is 12.3. The van der Waals surface area contributed by atoms with Crippen LogP contribution in [0.15, 0.2) is 64.8 Å². The zero-order valence-corrected chi connectivity index (χ0v) is 18.5. The molecule has 0 aliphatic heterocycles. The first-order chi connectivity index (χ1) is 13.2. The Balaban J connectivity index is 2.99. The molecule has 1 rings (SSSR count). The third-order valence-electron chi connectivity index (χ3n) is 4.80. The quantitative estimate of drug-likeness (QED) is 0.318. The van der Waals surface area contributed by atoms with Crippen LogP contribution in [0.25, 0.3) is 0 Å². The fraction of sp³-hybridized carbons (Fsp3) is 0.462. The fourth-order valence-electron chi connectivity index (χ4n) is 3.16. The van der Waals surface area contributed by atoms with Crippen LogP contribution < -0.4 is 0 Å². The summed E-state index contributed by atoms with van der Waals surface area (Å²) in [7, 11) is 0. The molecule has 0 heterocycles. The lowest BCUT2D eigenvalue weighted by atomic mass is 9.90. The predicted molar refractivity (Wildman–Crippen MR) is 122 cm³/mol. The van der Waals surface area contributed by atoms with Gasteiger partial charge in [-0.2, -0.15) is 0 Å². The van der Waals surface area contributed by atoms with E-state index in [0.29, 0.717) is 0 Å². The van der Waals surface area contributed by atoms with Gasteiger partial charge in [-0.05, 0) is 91.8 Å². The Kier molecular flexibility index (Phi) is 10.4. The van der Waals surface area contributed by atoms with E-state index in [4.69, 9.17) is 0 Å². The summed E-state index contributed by atoms with van der Waals surface area (Å²) in [6.07, 6.45) is 14.0. The lowest BCUT2D eigenvalue weighted by Crippen LogP contribution is -1.97. The van der Waals surface area contributed by atoms with Crippen molar-refractivity contribution in [1.82, 2.24) is 0 Å². The molecule has 0 aliphatic rings. The van der Waals surface area contributed by atoms with Gasteiger partial charge in [-0.25, -0.2) is 0 Å². The van der Waals surface area contributed by atoms with Gasteiger partial charge in [0, 0.05) is 11.5 Å². The van der Waals surface area contributed by atoms with Crippen LogP contribution in [0.4, 0.5) is 0 Å². The van der Waals surface area contributed by atoms with Gasteiger partial charge in [0.2, 0.25) is 0 Å². The standard InChI is InChI=1S/C26H38O2/c1-19(2)9-7-11-21(5)13-14-23(17-22(6)12-8-10-20(3)4)25-18-24(27)15-16-26(25)28/h9-10,13,15-18,23,27-28H,7-8,11-12,14H2,1-6H3/b21-13+,22-17+. The lowest BCUT2D eigenvalue weighted by molar-refractivity contribution is 0.451. The zero-order valence-electron chi connectivity index (χ0n) is 18.5. The van der Waals surface area contributed by atoms with Crippen molar-refractivity contribution in [2.75, 3.05) is 0 Å². The topological polar surface area (TPSA) is 40.5 Å². The number of phenols is 2. The van der Waals surface area contributed by atoms with E-state index in [-0.39, 0.29) is 17.4 Å². The summed E-state index contributed by atoms with van der Waals surface area (Å²) < 4.78 is 0. The second-order valence-corrected chi connectivity index (χ2v) is 8.29. The molecule has 0 bridgehead atoms. The molecular weight excluding hydrogens is 344 g/mol. The number of aromatic hydroxyl groups is 2. The van der Waals surface area contributed by atoms with Gasteiger partial charge in [-0.3, -0.25) is 0 Å². The van der Waals surface area contributed by atoms with Crippen molar-refractivity contribution in [2.24, 2.45) is 0 Å². The van der Waals surface area contributed by atoms with Crippen LogP contribution >= 0.6 is 0 Å². The molecule has 0 spiro atoms. The van der Waals surface area contributed by atoms with Crippen LogP contribution in [0.1, 0.15) is 85.1 Å². The van der Waals surface area contributed by atoms with Crippen LogP contribution in [-0.4, -0.2) is 10.2 Å². The highest BCUT2D eigenvalue weighted by Gasteiger charge is 2.14. The molecule has 2 heteroatoms. The van der Waals surface area contributed by atoms with Gasteiger partial charge in [-0.1, -0.05) is 46.6 Å². The van der Waals surface area contributed by atoms with Gasteiger partial charge < -0.3 is 10.2 Å². The largest absolute Gasteiger partial charge is 0.508 e. The molecule has 1 aromatic carbocycles. The SMILES string of the molecule is CC(C)=CCC/C(C)=C/CC(/C=C(\C)CCC=C(C)C)c1cc(O)ccc1O. The molecule has 0 radical (unpaired) electrons. The summed E-state index contributed by atoms with van der Waals surface area (Å²) >= 11 is 0. The van der Waals surface area contributed by atoms with Crippen molar-refractivity contribution in [2.45, 2.75) is 79.6 Å². The first kappa shape index (κ1) is 23.8. The molecule has 28 heavy (non-hydrogen) atoms. The molecular formula is C26H38O2. The van der Waals surface area contributed by atoms with E-state index in [2.05, 4.69) is 65.8 Å². The number of allylic oxidation sites excluding steroid dienone is 8. The third-order valence-corrected chi connectivity index (χ3v) is 4.80. The van der Waals surface area contributed by atoms with E-state index in [1.807, 2.05) is 0 Å². The lowest BCUT2D eigenvalue weighted by Gasteiger charge is -2.16. The maximum Gasteiger partial charge on any atom is 0.119 e. The van der Waals surface area contributed by atoms with Gasteiger partial charge in [0.05, 0.1) is 0 Å². The molecule has 2 nitrogen and oxygen atoms in total. The van der Waals surface area contributed by atoms with E-state index in [0.717, 1.165) is 37.7 Å². The summed E-state index contributed by atoms with van der Waals surface area (Å²) in [6.45, 7) is 12.8. The number of hydrogen-bond donors (Lipinski definition) is 2. The Morgan fingerprint density at radius 2 is 1.39 bits per heavy atom. The number of phenolic OH excluding ortho intramolecular Hbond substituents is 2. The summed E-state index contributed by atoms with van der Waals surface area (Å²) in [5, 5.41) is 20.3. The monoisotopic (exact) mass is 382 g/mol. The number of benzene rings is 1. The van der Waals surface area contributed by atoms with Crippen molar-refractivity contribution < 1.29 is 10.2 Å². The molecule has 1 atom stereocenters. The molecule has 0 saturated heterocycles. The first-order valence-corrected chi connectivity index (χ1v) is 10.3. The Hall–Kier alpha value is -2.22. The van der Waals surface area contributed by atoms with Crippen molar-refractivity contribution in [3.8, 4) is 11.5 Å². The van der Waals surface area contributed by atoms with Crippen LogP contribution in [0.2, 0.25) is 0 Å². The van der Waals surface area contributed by atoms with Crippen molar-refractivity contribution in [3.05, 3.63) is 70.4 Å².